The van der Waals surface area contributed by atoms with Crippen LogP contribution in [0.1, 0.15) is 328 Å². The maximum absolute atomic E-state index is 13.1. The Bertz CT molecular complexity index is 1580. The predicted molar refractivity (Wildman–Crippen MR) is 352 cm³/mol. The summed E-state index contributed by atoms with van der Waals surface area (Å²) < 4.78 is 16.7. The summed E-state index contributed by atoms with van der Waals surface area (Å²) in [7, 11) is 0. The summed E-state index contributed by atoms with van der Waals surface area (Å²) in [5, 5.41) is 54.5. The number of hydrogen-bond acceptors (Lipinski definition) is 10. The third kappa shape index (κ3) is 50.4. The zero-order valence-corrected chi connectivity index (χ0v) is 54.4. The lowest BCUT2D eigenvalue weighted by Gasteiger charge is -2.40. The highest BCUT2D eigenvalue weighted by Gasteiger charge is 2.44. The molecule has 490 valence electrons. The Hall–Kier alpha value is -2.64. The van der Waals surface area contributed by atoms with Gasteiger partial charge in [0.25, 0.3) is 0 Å². The SMILES string of the molecule is CCC/C=C\C/C=C\CCCCCCCC(=O)OCCCCCCCCCCC/C=C\C/C=C\CCCCCCCCCCCCCCCCCC(=O)NC(COC1OC(CO)C(O)C(O)C1O)C(O)/C=C/CCCCCCCCCCCC. The van der Waals surface area contributed by atoms with E-state index in [0.29, 0.717) is 19.4 Å². The van der Waals surface area contributed by atoms with Gasteiger partial charge in [-0.2, -0.15) is 0 Å². The number of esters is 1. The summed E-state index contributed by atoms with van der Waals surface area (Å²) in [6, 6.07) is -0.810. The van der Waals surface area contributed by atoms with Crippen molar-refractivity contribution in [2.75, 3.05) is 19.8 Å². The van der Waals surface area contributed by atoms with Crippen molar-refractivity contribution in [3.63, 3.8) is 0 Å². The number of amides is 1. The van der Waals surface area contributed by atoms with Gasteiger partial charge in [0.15, 0.2) is 6.29 Å². The summed E-state index contributed by atoms with van der Waals surface area (Å²) in [5.74, 6) is -0.191. The fourth-order valence-electron chi connectivity index (χ4n) is 11.0. The van der Waals surface area contributed by atoms with Gasteiger partial charge in [0, 0.05) is 12.8 Å². The second kappa shape index (κ2) is 62.0. The van der Waals surface area contributed by atoms with Crippen LogP contribution in [0.15, 0.2) is 60.8 Å². The molecule has 11 nitrogen and oxygen atoms in total. The highest BCUT2D eigenvalue weighted by atomic mass is 16.7. The van der Waals surface area contributed by atoms with Gasteiger partial charge in [-0.05, 0) is 89.9 Å². The molecule has 1 aliphatic rings. The zero-order chi connectivity index (χ0) is 60.9. The molecular weight excluding hydrogens is 1050 g/mol. The molecule has 0 aromatic carbocycles. The molecule has 11 heteroatoms. The average molecular weight is 1180 g/mol. The Morgan fingerprint density at radius 1 is 0.440 bits per heavy atom. The van der Waals surface area contributed by atoms with Gasteiger partial charge < -0.3 is 45.1 Å². The van der Waals surface area contributed by atoms with Crippen LogP contribution in [0.5, 0.6) is 0 Å². The first kappa shape index (κ1) is 79.4. The molecule has 1 rings (SSSR count). The van der Waals surface area contributed by atoms with Gasteiger partial charge in [-0.3, -0.25) is 9.59 Å². The van der Waals surface area contributed by atoms with Crippen LogP contribution in [0.4, 0.5) is 0 Å². The molecule has 7 unspecified atom stereocenters. The molecule has 1 aliphatic heterocycles. The molecule has 0 saturated carbocycles. The molecule has 0 bridgehead atoms. The van der Waals surface area contributed by atoms with Crippen LogP contribution in [0.3, 0.4) is 0 Å². The number of carbonyl (C=O) groups excluding carboxylic acids is 2. The van der Waals surface area contributed by atoms with E-state index in [0.717, 1.165) is 70.6 Å². The van der Waals surface area contributed by atoms with Crippen LogP contribution < -0.4 is 5.32 Å². The number of nitrogens with one attached hydrogen (secondary N) is 1. The zero-order valence-electron chi connectivity index (χ0n) is 54.4. The second-order valence-corrected chi connectivity index (χ2v) is 24.6. The number of aliphatic hydroxyl groups excluding tert-OH is 5. The Balaban J connectivity index is 1.97. The van der Waals surface area contributed by atoms with Crippen LogP contribution in [0.25, 0.3) is 0 Å². The van der Waals surface area contributed by atoms with Crippen LogP contribution >= 0.6 is 0 Å². The molecule has 0 aliphatic carbocycles. The topological polar surface area (TPSA) is 175 Å². The summed E-state index contributed by atoms with van der Waals surface area (Å²) in [6.07, 6.45) is 72.1. The van der Waals surface area contributed by atoms with E-state index in [2.05, 4.69) is 67.8 Å². The molecular formula is C73H133NO10. The summed E-state index contributed by atoms with van der Waals surface area (Å²) >= 11 is 0. The summed E-state index contributed by atoms with van der Waals surface area (Å²) in [6.45, 7) is 4.29. The van der Waals surface area contributed by atoms with Crippen LogP contribution in [-0.4, -0.2) is 100 Å². The molecule has 1 saturated heterocycles. The molecule has 0 radical (unpaired) electrons. The van der Waals surface area contributed by atoms with E-state index >= 15 is 0 Å². The minimum Gasteiger partial charge on any atom is -0.466 e. The van der Waals surface area contributed by atoms with E-state index in [1.54, 1.807) is 6.08 Å². The summed E-state index contributed by atoms with van der Waals surface area (Å²) in [4.78, 5) is 25.1. The molecule has 0 aromatic rings. The highest BCUT2D eigenvalue weighted by molar-refractivity contribution is 5.76. The fourth-order valence-corrected chi connectivity index (χ4v) is 11.0. The minimum atomic E-state index is -1.57. The monoisotopic (exact) mass is 1180 g/mol. The maximum Gasteiger partial charge on any atom is 0.305 e. The lowest BCUT2D eigenvalue weighted by molar-refractivity contribution is -0.302. The first-order chi connectivity index (χ1) is 41.2. The van der Waals surface area contributed by atoms with E-state index in [1.807, 2.05) is 6.08 Å². The molecule has 1 amide bonds. The van der Waals surface area contributed by atoms with Crippen molar-refractivity contribution in [1.82, 2.24) is 5.32 Å². The first-order valence-electron chi connectivity index (χ1n) is 35.6. The van der Waals surface area contributed by atoms with Crippen LogP contribution in [0.2, 0.25) is 0 Å². The number of unbranched alkanes of at least 4 members (excludes halogenated alkanes) is 40. The van der Waals surface area contributed by atoms with Crippen molar-refractivity contribution >= 4 is 11.9 Å². The van der Waals surface area contributed by atoms with E-state index in [-0.39, 0.29) is 18.5 Å². The largest absolute Gasteiger partial charge is 0.466 e. The first-order valence-corrected chi connectivity index (χ1v) is 35.6. The van der Waals surface area contributed by atoms with Gasteiger partial charge in [0.05, 0.1) is 32.0 Å². The number of hydrogen-bond donors (Lipinski definition) is 6. The van der Waals surface area contributed by atoms with Gasteiger partial charge in [0.1, 0.15) is 24.4 Å². The Morgan fingerprint density at radius 3 is 1.25 bits per heavy atom. The average Bonchev–Trinajstić information content (AvgIpc) is 3.61. The normalized spacial score (nSPS) is 18.4. The van der Waals surface area contributed by atoms with Crippen molar-refractivity contribution in [1.29, 1.82) is 0 Å². The lowest BCUT2D eigenvalue weighted by atomic mass is 9.99. The molecule has 1 fully saturated rings. The standard InChI is InChI=1S/C73H133NO10/c1-3-5-7-9-11-13-15-36-41-45-49-53-57-61-69(78)82-62-58-54-50-46-42-38-35-33-31-29-27-25-23-21-19-17-18-20-22-24-26-28-30-32-34-37-40-44-48-52-56-60-68(77)74-65(64-83-73-72(81)71(80)70(79)67(63-75)84-73)66(76)59-55-51-47-43-39-16-14-12-10-8-6-4-2/h7,9,13,15,19,21,25,27,55,59,65-67,70-73,75-76,79-81H,3-6,8,10-12,14,16-18,20,22-24,26,28-54,56-58,60-64H2,1-2H3,(H,74,77)/b9-7-,15-13-,21-19-,27-25-,59-55+. The Morgan fingerprint density at radius 2 is 0.821 bits per heavy atom. The predicted octanol–water partition coefficient (Wildman–Crippen LogP) is 18.1. The van der Waals surface area contributed by atoms with Crippen LogP contribution in [0, 0.1) is 0 Å². The highest BCUT2D eigenvalue weighted by Crippen LogP contribution is 2.23. The molecule has 0 aromatic heterocycles. The van der Waals surface area contributed by atoms with Crippen molar-refractivity contribution in [3.8, 4) is 0 Å². The van der Waals surface area contributed by atoms with E-state index in [4.69, 9.17) is 14.2 Å². The van der Waals surface area contributed by atoms with Crippen molar-refractivity contribution in [2.24, 2.45) is 0 Å². The van der Waals surface area contributed by atoms with E-state index in [9.17, 15) is 35.1 Å². The number of aliphatic hydroxyl groups is 5. The van der Waals surface area contributed by atoms with Crippen molar-refractivity contribution in [2.45, 2.75) is 371 Å². The van der Waals surface area contributed by atoms with Crippen molar-refractivity contribution < 1.29 is 49.3 Å². The molecule has 84 heavy (non-hydrogen) atoms. The molecule has 1 heterocycles. The molecule has 7 atom stereocenters. The van der Waals surface area contributed by atoms with Gasteiger partial charge in [-0.25, -0.2) is 0 Å². The number of allylic oxidation sites excluding steroid dienone is 9. The Kier molecular flexibility index (Phi) is 58.6. The number of ether oxygens (including phenoxy) is 3. The quantitative estimate of drug-likeness (QED) is 0.0195. The molecule has 0 spiro atoms. The molecule has 6 N–H and O–H groups in total. The van der Waals surface area contributed by atoms with Crippen molar-refractivity contribution in [3.05, 3.63) is 60.8 Å². The number of rotatable bonds is 62. The van der Waals surface area contributed by atoms with Gasteiger partial charge in [-0.1, -0.05) is 286 Å². The lowest BCUT2D eigenvalue weighted by Crippen LogP contribution is -2.60. The van der Waals surface area contributed by atoms with E-state index < -0.39 is 49.5 Å². The van der Waals surface area contributed by atoms with Gasteiger partial charge in [-0.15, -0.1) is 0 Å². The Labute approximate surface area is 516 Å². The maximum atomic E-state index is 13.1. The van der Waals surface area contributed by atoms with Gasteiger partial charge in [0.2, 0.25) is 5.91 Å². The van der Waals surface area contributed by atoms with Gasteiger partial charge >= 0.3 is 5.97 Å². The smallest absolute Gasteiger partial charge is 0.305 e. The summed E-state index contributed by atoms with van der Waals surface area (Å²) in [5.41, 5.74) is 0. The van der Waals surface area contributed by atoms with E-state index in [1.165, 1.54) is 231 Å². The van der Waals surface area contributed by atoms with Crippen LogP contribution in [-0.2, 0) is 23.8 Å². The third-order valence-electron chi connectivity index (χ3n) is 16.6. The number of carbonyl (C=O) groups is 2. The third-order valence-corrected chi connectivity index (χ3v) is 16.6. The second-order valence-electron chi connectivity index (χ2n) is 24.6. The fraction of sp³-hybridized carbons (Fsp3) is 0.836. The minimum absolute atomic E-state index is 0.0105.